The molecule has 0 aromatic heterocycles. The summed E-state index contributed by atoms with van der Waals surface area (Å²) in [6.07, 6.45) is -0.202. The van der Waals surface area contributed by atoms with E-state index in [2.05, 4.69) is 4.90 Å². The zero-order valence-corrected chi connectivity index (χ0v) is 12.8. The van der Waals surface area contributed by atoms with Gasteiger partial charge in [0.15, 0.2) is 0 Å². The second kappa shape index (κ2) is 7.27. The lowest BCUT2D eigenvalue weighted by molar-refractivity contribution is 0.000460. The van der Waals surface area contributed by atoms with Gasteiger partial charge in [-0.3, -0.25) is 4.90 Å². The number of ether oxygens (including phenoxy) is 2. The fourth-order valence-electron chi connectivity index (χ4n) is 2.09. The normalized spacial score (nSPS) is 17.8. The molecule has 1 fully saturated rings. The summed E-state index contributed by atoms with van der Waals surface area (Å²) in [5, 5.41) is 0.800. The van der Waals surface area contributed by atoms with E-state index in [1.165, 1.54) is 6.07 Å². The Bertz CT molecular complexity index is 475. The molecule has 20 heavy (non-hydrogen) atoms. The Labute approximate surface area is 128 Å². The first-order chi connectivity index (χ1) is 9.56. The standard InChI is InChI=1S/C14H17Cl2NO3/c1-10(9-17-4-6-19-7-5-17)20-14(18)12-3-2-11(15)8-13(12)16/h2-3,8,10H,4-7,9H2,1H3/t10-/m0/s1. The van der Waals surface area contributed by atoms with Crippen LogP contribution in [0.3, 0.4) is 0 Å². The molecule has 0 amide bonds. The predicted molar refractivity (Wildman–Crippen MR) is 78.6 cm³/mol. The number of carbonyl (C=O) groups is 1. The molecule has 0 bridgehead atoms. The molecule has 1 aromatic carbocycles. The molecular formula is C14H17Cl2NO3. The third-order valence-electron chi connectivity index (χ3n) is 3.08. The summed E-state index contributed by atoms with van der Waals surface area (Å²) < 4.78 is 10.7. The van der Waals surface area contributed by atoms with E-state index >= 15 is 0 Å². The van der Waals surface area contributed by atoms with E-state index in [9.17, 15) is 4.79 Å². The van der Waals surface area contributed by atoms with E-state index in [0.29, 0.717) is 22.2 Å². The van der Waals surface area contributed by atoms with Crippen LogP contribution in [0.1, 0.15) is 17.3 Å². The van der Waals surface area contributed by atoms with Crippen molar-refractivity contribution in [1.82, 2.24) is 4.90 Å². The van der Waals surface area contributed by atoms with Crippen molar-refractivity contribution >= 4 is 29.2 Å². The highest BCUT2D eigenvalue weighted by atomic mass is 35.5. The van der Waals surface area contributed by atoms with Crippen molar-refractivity contribution < 1.29 is 14.3 Å². The molecule has 1 aliphatic rings. The van der Waals surface area contributed by atoms with Crippen molar-refractivity contribution in [2.45, 2.75) is 13.0 Å². The van der Waals surface area contributed by atoms with E-state index in [0.717, 1.165) is 26.3 Å². The minimum absolute atomic E-state index is 0.202. The molecule has 6 heteroatoms. The lowest BCUT2D eigenvalue weighted by Crippen LogP contribution is -2.41. The molecule has 1 aromatic rings. The number of morpholine rings is 1. The fraction of sp³-hybridized carbons (Fsp3) is 0.500. The molecule has 110 valence electrons. The number of hydrogen-bond acceptors (Lipinski definition) is 4. The highest BCUT2D eigenvalue weighted by Crippen LogP contribution is 2.22. The summed E-state index contributed by atoms with van der Waals surface area (Å²) in [5.41, 5.74) is 0.338. The van der Waals surface area contributed by atoms with Crippen molar-refractivity contribution in [2.75, 3.05) is 32.8 Å². The van der Waals surface area contributed by atoms with Crippen molar-refractivity contribution in [3.8, 4) is 0 Å². The second-order valence-corrected chi connectivity index (χ2v) is 5.60. The summed E-state index contributed by atoms with van der Waals surface area (Å²) in [5.74, 6) is -0.424. The van der Waals surface area contributed by atoms with Gasteiger partial charge in [-0.05, 0) is 25.1 Å². The Morgan fingerprint density at radius 1 is 1.40 bits per heavy atom. The van der Waals surface area contributed by atoms with Crippen LogP contribution in [0.25, 0.3) is 0 Å². The van der Waals surface area contributed by atoms with Crippen LogP contribution < -0.4 is 0 Å². The summed E-state index contributed by atoms with van der Waals surface area (Å²) in [6, 6.07) is 4.73. The van der Waals surface area contributed by atoms with Crippen molar-refractivity contribution in [2.24, 2.45) is 0 Å². The fourth-order valence-corrected chi connectivity index (χ4v) is 2.57. The number of halogens is 2. The Morgan fingerprint density at radius 3 is 2.75 bits per heavy atom. The minimum atomic E-state index is -0.424. The van der Waals surface area contributed by atoms with Gasteiger partial charge in [0, 0.05) is 24.7 Å². The van der Waals surface area contributed by atoms with E-state index in [-0.39, 0.29) is 6.10 Å². The molecule has 1 aliphatic heterocycles. The number of benzene rings is 1. The highest BCUT2D eigenvalue weighted by Gasteiger charge is 2.19. The molecule has 0 aliphatic carbocycles. The number of esters is 1. The quantitative estimate of drug-likeness (QED) is 0.800. The third kappa shape index (κ3) is 4.35. The van der Waals surface area contributed by atoms with E-state index in [4.69, 9.17) is 32.7 Å². The predicted octanol–water partition coefficient (Wildman–Crippen LogP) is 2.87. The molecule has 0 radical (unpaired) electrons. The van der Waals surface area contributed by atoms with Crippen LogP contribution in [0.15, 0.2) is 18.2 Å². The van der Waals surface area contributed by atoms with Gasteiger partial charge in [0.25, 0.3) is 0 Å². The maximum atomic E-state index is 12.0. The minimum Gasteiger partial charge on any atom is -0.458 e. The first kappa shape index (κ1) is 15.6. The van der Waals surface area contributed by atoms with E-state index < -0.39 is 5.97 Å². The zero-order valence-electron chi connectivity index (χ0n) is 11.3. The van der Waals surface area contributed by atoms with Gasteiger partial charge in [-0.1, -0.05) is 23.2 Å². The van der Waals surface area contributed by atoms with Gasteiger partial charge < -0.3 is 9.47 Å². The van der Waals surface area contributed by atoms with Gasteiger partial charge in [-0.25, -0.2) is 4.79 Å². The van der Waals surface area contributed by atoms with Crippen LogP contribution >= 0.6 is 23.2 Å². The van der Waals surface area contributed by atoms with Crippen LogP contribution in [0.2, 0.25) is 10.0 Å². The highest BCUT2D eigenvalue weighted by molar-refractivity contribution is 6.36. The van der Waals surface area contributed by atoms with Crippen molar-refractivity contribution in [3.05, 3.63) is 33.8 Å². The molecule has 1 heterocycles. The van der Waals surface area contributed by atoms with Crippen LogP contribution in [-0.4, -0.2) is 49.8 Å². The second-order valence-electron chi connectivity index (χ2n) is 4.75. The monoisotopic (exact) mass is 317 g/mol. The van der Waals surface area contributed by atoms with Gasteiger partial charge >= 0.3 is 5.97 Å². The van der Waals surface area contributed by atoms with E-state index in [1.54, 1.807) is 12.1 Å². The third-order valence-corrected chi connectivity index (χ3v) is 3.63. The SMILES string of the molecule is C[C@@H](CN1CCOCC1)OC(=O)c1ccc(Cl)cc1Cl. The molecule has 4 nitrogen and oxygen atoms in total. The number of nitrogens with zero attached hydrogens (tertiary/aromatic N) is 1. The van der Waals surface area contributed by atoms with Gasteiger partial charge in [0.05, 0.1) is 23.8 Å². The van der Waals surface area contributed by atoms with Crippen molar-refractivity contribution in [3.63, 3.8) is 0 Å². The smallest absolute Gasteiger partial charge is 0.339 e. The number of hydrogen-bond donors (Lipinski definition) is 0. The molecule has 0 N–H and O–H groups in total. The molecule has 2 rings (SSSR count). The van der Waals surface area contributed by atoms with Crippen molar-refractivity contribution in [1.29, 1.82) is 0 Å². The molecule has 0 spiro atoms. The number of carbonyl (C=O) groups excluding carboxylic acids is 1. The summed E-state index contributed by atoms with van der Waals surface area (Å²) >= 11 is 11.8. The lowest BCUT2D eigenvalue weighted by atomic mass is 10.2. The molecule has 1 atom stereocenters. The van der Waals surface area contributed by atoms with Gasteiger partial charge in [0.2, 0.25) is 0 Å². The Morgan fingerprint density at radius 2 is 2.10 bits per heavy atom. The van der Waals surface area contributed by atoms with Crippen LogP contribution in [0.4, 0.5) is 0 Å². The molecule has 0 saturated carbocycles. The summed E-state index contributed by atoms with van der Waals surface area (Å²) in [4.78, 5) is 14.2. The Hall–Kier alpha value is -0.810. The average molecular weight is 318 g/mol. The lowest BCUT2D eigenvalue weighted by Gasteiger charge is -2.28. The van der Waals surface area contributed by atoms with Crippen LogP contribution in [-0.2, 0) is 9.47 Å². The van der Waals surface area contributed by atoms with Crippen LogP contribution in [0, 0.1) is 0 Å². The van der Waals surface area contributed by atoms with Crippen LogP contribution in [0.5, 0.6) is 0 Å². The largest absolute Gasteiger partial charge is 0.458 e. The average Bonchev–Trinajstić information content (AvgIpc) is 2.39. The maximum absolute atomic E-state index is 12.0. The molecule has 0 unspecified atom stereocenters. The topological polar surface area (TPSA) is 38.8 Å². The first-order valence-electron chi connectivity index (χ1n) is 6.52. The molecular weight excluding hydrogens is 301 g/mol. The summed E-state index contributed by atoms with van der Waals surface area (Å²) in [6.45, 7) is 5.75. The number of rotatable bonds is 4. The van der Waals surface area contributed by atoms with Gasteiger partial charge in [0.1, 0.15) is 6.10 Å². The van der Waals surface area contributed by atoms with E-state index in [1.807, 2.05) is 6.92 Å². The Balaban J connectivity index is 1.89. The maximum Gasteiger partial charge on any atom is 0.339 e. The zero-order chi connectivity index (χ0) is 14.5. The van der Waals surface area contributed by atoms with Gasteiger partial charge in [-0.15, -0.1) is 0 Å². The summed E-state index contributed by atoms with van der Waals surface area (Å²) in [7, 11) is 0. The van der Waals surface area contributed by atoms with Gasteiger partial charge in [-0.2, -0.15) is 0 Å². The first-order valence-corrected chi connectivity index (χ1v) is 7.28. The Kier molecular flexibility index (Phi) is 5.66. The molecule has 1 saturated heterocycles.